The van der Waals surface area contributed by atoms with Crippen LogP contribution in [0.5, 0.6) is 0 Å². The van der Waals surface area contributed by atoms with Gasteiger partial charge in [0.25, 0.3) is 0 Å². The highest BCUT2D eigenvalue weighted by Crippen LogP contribution is 2.23. The summed E-state index contributed by atoms with van der Waals surface area (Å²) in [6.45, 7) is 6.02. The number of piperidine rings is 2. The smallest absolute Gasteiger partial charge is 0.123 e. The molecule has 0 aliphatic carbocycles. The topological polar surface area (TPSA) is 95.9 Å². The molecule has 29 heavy (non-hydrogen) atoms. The monoisotopic (exact) mass is 428 g/mol. The Labute approximate surface area is 183 Å². The number of aromatic nitrogens is 1. The van der Waals surface area contributed by atoms with E-state index in [9.17, 15) is 0 Å². The molecular weight excluding hydrogens is 400 g/mol. The molecule has 1 aromatic rings. The molecule has 0 bridgehead atoms. The summed E-state index contributed by atoms with van der Waals surface area (Å²) >= 11 is 9.94. The van der Waals surface area contributed by atoms with Gasteiger partial charge in [-0.15, -0.1) is 0 Å². The number of hydrogen-bond donors (Lipinski definition) is 2. The van der Waals surface area contributed by atoms with Gasteiger partial charge < -0.3 is 20.5 Å². The maximum Gasteiger partial charge on any atom is 0.123 e. The second-order valence-electron chi connectivity index (χ2n) is 7.21. The number of thiocarbonyl (C=S) groups is 1. The molecular formula is C21H28N6S2. The lowest BCUT2D eigenvalue weighted by Gasteiger charge is -2.29. The fourth-order valence-electron chi connectivity index (χ4n) is 3.68. The maximum atomic E-state index is 9.07. The molecule has 6 nitrogen and oxygen atoms in total. The Morgan fingerprint density at radius 3 is 2.17 bits per heavy atom. The predicted molar refractivity (Wildman–Crippen MR) is 123 cm³/mol. The Morgan fingerprint density at radius 1 is 1.07 bits per heavy atom. The van der Waals surface area contributed by atoms with Crippen molar-refractivity contribution >= 4 is 35.1 Å². The average Bonchev–Trinajstić information content (AvgIpc) is 2.75. The van der Waals surface area contributed by atoms with E-state index in [1.807, 2.05) is 19.2 Å². The van der Waals surface area contributed by atoms with E-state index in [2.05, 4.69) is 26.9 Å². The first kappa shape index (κ1) is 22.9. The van der Waals surface area contributed by atoms with Crippen LogP contribution in [0.3, 0.4) is 0 Å². The molecule has 0 aromatic carbocycles. The van der Waals surface area contributed by atoms with E-state index in [1.165, 1.54) is 38.5 Å². The van der Waals surface area contributed by atoms with E-state index in [0.717, 1.165) is 37.6 Å². The summed E-state index contributed by atoms with van der Waals surface area (Å²) in [7, 11) is 0. The van der Waals surface area contributed by atoms with Gasteiger partial charge in [-0.1, -0.05) is 24.4 Å². The molecule has 1 aromatic heterocycles. The third kappa shape index (κ3) is 6.28. The van der Waals surface area contributed by atoms with Gasteiger partial charge >= 0.3 is 0 Å². The van der Waals surface area contributed by atoms with E-state index < -0.39 is 0 Å². The largest absolute Gasteiger partial charge is 0.389 e. The highest BCUT2D eigenvalue weighted by molar-refractivity contribution is 7.80. The number of anilines is 1. The minimum absolute atomic E-state index is 0.204. The number of nitrogens with one attached hydrogen (secondary N) is 1. The Kier molecular flexibility index (Phi) is 9.11. The van der Waals surface area contributed by atoms with Crippen LogP contribution in [0.1, 0.15) is 51.0 Å². The summed E-state index contributed by atoms with van der Waals surface area (Å²) in [6, 6.07) is 6.20. The van der Waals surface area contributed by atoms with Crippen LogP contribution >= 0.6 is 24.4 Å². The summed E-state index contributed by atoms with van der Waals surface area (Å²) in [5, 5.41) is 18.0. The molecule has 3 N–H and O–H groups in total. The van der Waals surface area contributed by atoms with Crippen LogP contribution in [0.15, 0.2) is 23.5 Å². The standard InChI is InChI=1S/C11H13N3S.C10H15N3S/c12-8-9-10(4-5-13-11(9)15)14-6-2-1-3-7-14;1-8(9(7-11)10(12)14)13-5-3-2-4-6-13/h4-5H,1-3,6-7H2,(H,13,15);2-6H2,1H3,(H2,12,14)/b;9-8-. The van der Waals surface area contributed by atoms with Gasteiger partial charge in [0.2, 0.25) is 0 Å². The summed E-state index contributed by atoms with van der Waals surface area (Å²) in [5.74, 6) is 0. The van der Waals surface area contributed by atoms with Crippen LogP contribution in [0.2, 0.25) is 0 Å². The van der Waals surface area contributed by atoms with Crippen molar-refractivity contribution in [2.75, 3.05) is 31.1 Å². The highest BCUT2D eigenvalue weighted by atomic mass is 32.1. The number of nitriles is 2. The van der Waals surface area contributed by atoms with Gasteiger partial charge in [-0.25, -0.2) is 0 Å². The zero-order chi connectivity index (χ0) is 21.2. The average molecular weight is 429 g/mol. The molecule has 3 heterocycles. The molecule has 2 aliphatic heterocycles. The summed E-state index contributed by atoms with van der Waals surface area (Å²) < 4.78 is 0.542. The minimum Gasteiger partial charge on any atom is -0.389 e. The van der Waals surface area contributed by atoms with Crippen molar-refractivity contribution < 1.29 is 0 Å². The lowest BCUT2D eigenvalue weighted by molar-refractivity contribution is 0.285. The Bertz CT molecular complexity index is 878. The van der Waals surface area contributed by atoms with E-state index in [0.29, 0.717) is 15.8 Å². The molecule has 2 aliphatic rings. The number of hydrogen-bond acceptors (Lipinski definition) is 6. The molecule has 154 valence electrons. The number of H-pyrrole nitrogens is 1. The van der Waals surface area contributed by atoms with Crippen molar-refractivity contribution in [2.24, 2.45) is 5.73 Å². The van der Waals surface area contributed by atoms with Crippen molar-refractivity contribution in [3.63, 3.8) is 0 Å². The van der Waals surface area contributed by atoms with Gasteiger partial charge in [0.15, 0.2) is 0 Å². The van der Waals surface area contributed by atoms with Gasteiger partial charge in [-0.2, -0.15) is 10.5 Å². The van der Waals surface area contributed by atoms with Crippen LogP contribution < -0.4 is 10.6 Å². The molecule has 0 atom stereocenters. The van der Waals surface area contributed by atoms with Crippen LogP contribution in [-0.2, 0) is 0 Å². The molecule has 0 radical (unpaired) electrons. The fraction of sp³-hybridized carbons (Fsp3) is 0.524. The highest BCUT2D eigenvalue weighted by Gasteiger charge is 2.16. The van der Waals surface area contributed by atoms with E-state index >= 15 is 0 Å². The number of allylic oxidation sites excluding steroid dienone is 1. The van der Waals surface area contributed by atoms with Crippen LogP contribution in [-0.4, -0.2) is 41.1 Å². The lowest BCUT2D eigenvalue weighted by Crippen LogP contribution is -2.30. The number of pyridine rings is 1. The van der Waals surface area contributed by atoms with E-state index in [1.54, 1.807) is 0 Å². The van der Waals surface area contributed by atoms with Gasteiger partial charge in [-0.05, 0) is 51.5 Å². The number of nitrogens with two attached hydrogens (primary N) is 1. The quantitative estimate of drug-likeness (QED) is 0.424. The van der Waals surface area contributed by atoms with Crippen LogP contribution in [0.25, 0.3) is 0 Å². The summed E-state index contributed by atoms with van der Waals surface area (Å²) in [6.07, 6.45) is 9.16. The van der Waals surface area contributed by atoms with Crippen LogP contribution in [0, 0.1) is 27.3 Å². The Hall–Kier alpha value is -2.42. The predicted octanol–water partition coefficient (Wildman–Crippen LogP) is 4.16. The third-order valence-corrected chi connectivity index (χ3v) is 5.82. The first-order chi connectivity index (χ1) is 14.0. The van der Waals surface area contributed by atoms with Gasteiger partial charge in [-0.3, -0.25) is 0 Å². The zero-order valence-corrected chi connectivity index (χ0v) is 18.5. The normalized spacial score (nSPS) is 17.2. The van der Waals surface area contributed by atoms with Crippen LogP contribution in [0.4, 0.5) is 5.69 Å². The summed E-state index contributed by atoms with van der Waals surface area (Å²) in [4.78, 5) is 7.55. The number of nitrogens with zero attached hydrogens (tertiary/aromatic N) is 4. The lowest BCUT2D eigenvalue weighted by atomic mass is 10.1. The SMILES string of the molecule is C/C(=C(\C#N)C(N)=S)N1CCCCC1.N#Cc1c(N2CCCCC2)cc[nH]c1=S. The maximum absolute atomic E-state index is 9.07. The Balaban J connectivity index is 0.000000208. The first-order valence-electron chi connectivity index (χ1n) is 10.0. The molecule has 0 spiro atoms. The summed E-state index contributed by atoms with van der Waals surface area (Å²) in [5.41, 5.74) is 8.46. The van der Waals surface area contributed by atoms with Crippen molar-refractivity contribution in [1.82, 2.24) is 9.88 Å². The molecule has 0 saturated carbocycles. The van der Waals surface area contributed by atoms with Crippen molar-refractivity contribution in [2.45, 2.75) is 45.4 Å². The first-order valence-corrected chi connectivity index (χ1v) is 10.8. The molecule has 2 saturated heterocycles. The van der Waals surface area contributed by atoms with Gasteiger partial charge in [0.05, 0.1) is 5.69 Å². The zero-order valence-electron chi connectivity index (χ0n) is 16.9. The molecule has 3 rings (SSSR count). The fourth-order valence-corrected chi connectivity index (χ4v) is 4.09. The van der Waals surface area contributed by atoms with Crippen molar-refractivity contribution in [3.8, 4) is 12.1 Å². The van der Waals surface area contributed by atoms with Gasteiger partial charge in [0, 0.05) is 38.1 Å². The molecule has 0 amide bonds. The van der Waals surface area contributed by atoms with Gasteiger partial charge in [0.1, 0.15) is 32.9 Å². The Morgan fingerprint density at radius 2 is 1.66 bits per heavy atom. The second kappa shape index (κ2) is 11.5. The van der Waals surface area contributed by atoms with E-state index in [4.69, 9.17) is 40.7 Å². The minimum atomic E-state index is 0.204. The van der Waals surface area contributed by atoms with Crippen molar-refractivity contribution in [1.29, 1.82) is 10.5 Å². The van der Waals surface area contributed by atoms with Crippen molar-refractivity contribution in [3.05, 3.63) is 33.7 Å². The molecule has 8 heteroatoms. The van der Waals surface area contributed by atoms with E-state index in [-0.39, 0.29) is 4.99 Å². The number of rotatable bonds is 3. The second-order valence-corrected chi connectivity index (χ2v) is 8.06. The molecule has 2 fully saturated rings. The third-order valence-electron chi connectivity index (χ3n) is 5.30. The number of likely N-dealkylation sites (tertiary alicyclic amines) is 1. The number of aromatic amines is 1. The molecule has 0 unspecified atom stereocenters.